The molecule has 0 aliphatic heterocycles. The number of amides is 2. The molecule has 0 atom stereocenters. The SMILES string of the molecule is CCNC(=O)Nc1cccc(C(N)=S)c1. The standard InChI is InChI=1S/C10H13N3OS/c1-2-12-10(14)13-8-5-3-4-7(6-8)9(11)15/h3-6H,2H2,1H3,(H2,11,15)(H2,12,13,14). The molecule has 1 rings (SSSR count). The number of nitrogens with one attached hydrogen (secondary N) is 2. The molecule has 5 heteroatoms. The predicted octanol–water partition coefficient (Wildman–Crippen LogP) is 1.46. The second-order valence-electron chi connectivity index (χ2n) is 2.93. The maximum Gasteiger partial charge on any atom is 0.319 e. The Morgan fingerprint density at radius 1 is 1.53 bits per heavy atom. The van der Waals surface area contributed by atoms with Gasteiger partial charge in [0, 0.05) is 17.8 Å². The van der Waals surface area contributed by atoms with Crippen LogP contribution in [0.2, 0.25) is 0 Å². The molecule has 0 radical (unpaired) electrons. The Balaban J connectivity index is 2.73. The molecule has 1 aromatic rings. The number of benzene rings is 1. The molecule has 0 saturated heterocycles. The van der Waals surface area contributed by atoms with Crippen LogP contribution in [-0.2, 0) is 0 Å². The van der Waals surface area contributed by atoms with Crippen LogP contribution in [0, 0.1) is 0 Å². The van der Waals surface area contributed by atoms with Crippen LogP contribution in [0.5, 0.6) is 0 Å². The smallest absolute Gasteiger partial charge is 0.319 e. The third-order valence-electron chi connectivity index (χ3n) is 1.74. The molecule has 0 bridgehead atoms. The summed E-state index contributed by atoms with van der Waals surface area (Å²) in [5.41, 5.74) is 6.88. The van der Waals surface area contributed by atoms with E-state index in [9.17, 15) is 4.79 Å². The maximum absolute atomic E-state index is 11.2. The third kappa shape index (κ3) is 3.55. The number of urea groups is 1. The van der Waals surface area contributed by atoms with Crippen molar-refractivity contribution in [3.8, 4) is 0 Å². The second-order valence-corrected chi connectivity index (χ2v) is 3.37. The first-order valence-electron chi connectivity index (χ1n) is 4.58. The fourth-order valence-electron chi connectivity index (χ4n) is 1.09. The average molecular weight is 223 g/mol. The van der Waals surface area contributed by atoms with Gasteiger partial charge in [0.1, 0.15) is 4.99 Å². The Morgan fingerprint density at radius 2 is 2.27 bits per heavy atom. The van der Waals surface area contributed by atoms with E-state index in [4.69, 9.17) is 18.0 Å². The van der Waals surface area contributed by atoms with Crippen molar-refractivity contribution < 1.29 is 4.79 Å². The number of hydrogen-bond acceptors (Lipinski definition) is 2. The normalized spacial score (nSPS) is 9.40. The topological polar surface area (TPSA) is 67.2 Å². The monoisotopic (exact) mass is 223 g/mol. The van der Waals surface area contributed by atoms with E-state index >= 15 is 0 Å². The van der Waals surface area contributed by atoms with Crippen LogP contribution < -0.4 is 16.4 Å². The summed E-state index contributed by atoms with van der Waals surface area (Å²) in [7, 11) is 0. The van der Waals surface area contributed by atoms with Gasteiger partial charge in [0.2, 0.25) is 0 Å². The van der Waals surface area contributed by atoms with Gasteiger partial charge in [0.15, 0.2) is 0 Å². The molecule has 0 unspecified atom stereocenters. The lowest BCUT2D eigenvalue weighted by atomic mass is 10.2. The van der Waals surface area contributed by atoms with Gasteiger partial charge in [0.05, 0.1) is 0 Å². The molecule has 0 saturated carbocycles. The molecule has 2 amide bonds. The number of thiocarbonyl (C=S) groups is 1. The summed E-state index contributed by atoms with van der Waals surface area (Å²) < 4.78 is 0. The lowest BCUT2D eigenvalue weighted by Gasteiger charge is -2.06. The minimum Gasteiger partial charge on any atom is -0.389 e. The van der Waals surface area contributed by atoms with Crippen LogP contribution in [0.3, 0.4) is 0 Å². The van der Waals surface area contributed by atoms with Gasteiger partial charge in [-0.05, 0) is 19.1 Å². The zero-order valence-electron chi connectivity index (χ0n) is 8.41. The Labute approximate surface area is 93.9 Å². The Bertz CT molecular complexity index is 379. The number of hydrogen-bond donors (Lipinski definition) is 3. The third-order valence-corrected chi connectivity index (χ3v) is 1.98. The number of rotatable bonds is 3. The highest BCUT2D eigenvalue weighted by molar-refractivity contribution is 7.80. The van der Waals surface area contributed by atoms with E-state index in [1.807, 2.05) is 6.92 Å². The van der Waals surface area contributed by atoms with Crippen LogP contribution in [0.15, 0.2) is 24.3 Å². The number of anilines is 1. The van der Waals surface area contributed by atoms with Crippen LogP contribution in [-0.4, -0.2) is 17.6 Å². The molecule has 80 valence electrons. The molecule has 0 aliphatic carbocycles. The first-order chi connectivity index (χ1) is 7.13. The molecule has 0 heterocycles. The molecule has 0 aromatic heterocycles. The highest BCUT2D eigenvalue weighted by atomic mass is 32.1. The van der Waals surface area contributed by atoms with Crippen LogP contribution in [0.1, 0.15) is 12.5 Å². The largest absolute Gasteiger partial charge is 0.389 e. The van der Waals surface area contributed by atoms with Crippen molar-refractivity contribution in [1.29, 1.82) is 0 Å². The van der Waals surface area contributed by atoms with Crippen molar-refractivity contribution in [3.63, 3.8) is 0 Å². The molecule has 0 spiro atoms. The predicted molar refractivity (Wildman–Crippen MR) is 65.0 cm³/mol. The number of carbonyl (C=O) groups excluding carboxylic acids is 1. The highest BCUT2D eigenvalue weighted by Crippen LogP contribution is 2.10. The molecule has 0 fully saturated rings. The van der Waals surface area contributed by atoms with E-state index in [1.54, 1.807) is 24.3 Å². The molecular weight excluding hydrogens is 210 g/mol. The van der Waals surface area contributed by atoms with Gasteiger partial charge in [-0.15, -0.1) is 0 Å². The van der Waals surface area contributed by atoms with Crippen LogP contribution >= 0.6 is 12.2 Å². The Kier molecular flexibility index (Phi) is 4.05. The summed E-state index contributed by atoms with van der Waals surface area (Å²) in [6.07, 6.45) is 0. The molecule has 15 heavy (non-hydrogen) atoms. The first kappa shape index (κ1) is 11.5. The quantitative estimate of drug-likeness (QED) is 0.680. The van der Waals surface area contributed by atoms with Crippen molar-refractivity contribution in [2.75, 3.05) is 11.9 Å². The number of carbonyl (C=O) groups is 1. The summed E-state index contributed by atoms with van der Waals surface area (Å²) in [5, 5.41) is 5.30. The summed E-state index contributed by atoms with van der Waals surface area (Å²) >= 11 is 4.84. The average Bonchev–Trinajstić information content (AvgIpc) is 2.18. The van der Waals surface area contributed by atoms with Gasteiger partial charge in [-0.2, -0.15) is 0 Å². The molecule has 4 N–H and O–H groups in total. The summed E-state index contributed by atoms with van der Waals surface area (Å²) in [6.45, 7) is 2.44. The van der Waals surface area contributed by atoms with Crippen LogP contribution in [0.4, 0.5) is 10.5 Å². The first-order valence-corrected chi connectivity index (χ1v) is 4.99. The minimum absolute atomic E-state index is 0.238. The highest BCUT2D eigenvalue weighted by Gasteiger charge is 2.01. The number of nitrogens with two attached hydrogens (primary N) is 1. The van der Waals surface area contributed by atoms with Gasteiger partial charge in [-0.25, -0.2) is 4.79 Å². The van der Waals surface area contributed by atoms with E-state index < -0.39 is 0 Å². The zero-order chi connectivity index (χ0) is 11.3. The van der Waals surface area contributed by atoms with E-state index in [0.29, 0.717) is 17.2 Å². The lowest BCUT2D eigenvalue weighted by molar-refractivity contribution is 0.252. The van der Waals surface area contributed by atoms with Crippen LogP contribution in [0.25, 0.3) is 0 Å². The van der Waals surface area contributed by atoms with E-state index in [-0.39, 0.29) is 6.03 Å². The summed E-state index contributed by atoms with van der Waals surface area (Å²) in [6, 6.07) is 6.85. The second kappa shape index (κ2) is 5.31. The molecule has 4 nitrogen and oxygen atoms in total. The van der Waals surface area contributed by atoms with Crippen molar-refractivity contribution in [2.45, 2.75) is 6.92 Å². The Morgan fingerprint density at radius 3 is 2.87 bits per heavy atom. The lowest BCUT2D eigenvalue weighted by Crippen LogP contribution is -2.28. The van der Waals surface area contributed by atoms with Crippen molar-refractivity contribution in [3.05, 3.63) is 29.8 Å². The van der Waals surface area contributed by atoms with Gasteiger partial charge in [0.25, 0.3) is 0 Å². The molecular formula is C10H13N3OS. The summed E-state index contributed by atoms with van der Waals surface area (Å²) in [5.74, 6) is 0. The van der Waals surface area contributed by atoms with E-state index in [2.05, 4.69) is 10.6 Å². The van der Waals surface area contributed by atoms with E-state index in [1.165, 1.54) is 0 Å². The summed E-state index contributed by atoms with van der Waals surface area (Å²) in [4.78, 5) is 11.5. The van der Waals surface area contributed by atoms with Gasteiger partial charge in [-0.3, -0.25) is 0 Å². The Hall–Kier alpha value is -1.62. The zero-order valence-corrected chi connectivity index (χ0v) is 9.23. The molecule has 0 aliphatic rings. The fraction of sp³-hybridized carbons (Fsp3) is 0.200. The van der Waals surface area contributed by atoms with Gasteiger partial charge < -0.3 is 16.4 Å². The fourth-order valence-corrected chi connectivity index (χ4v) is 1.21. The van der Waals surface area contributed by atoms with Crippen molar-refractivity contribution in [1.82, 2.24) is 5.32 Å². The maximum atomic E-state index is 11.2. The van der Waals surface area contributed by atoms with Crippen molar-refractivity contribution >= 4 is 28.9 Å². The minimum atomic E-state index is -0.238. The van der Waals surface area contributed by atoms with E-state index in [0.717, 1.165) is 5.56 Å². The van der Waals surface area contributed by atoms with Gasteiger partial charge >= 0.3 is 6.03 Å². The van der Waals surface area contributed by atoms with Gasteiger partial charge in [-0.1, -0.05) is 24.4 Å². The van der Waals surface area contributed by atoms with Crippen molar-refractivity contribution in [2.24, 2.45) is 5.73 Å². The molecule has 1 aromatic carbocycles.